The quantitative estimate of drug-likeness (QED) is 0.335. The number of halogens is 1. The molecule has 34 heavy (non-hydrogen) atoms. The summed E-state index contributed by atoms with van der Waals surface area (Å²) < 4.78 is 12.8. The first kappa shape index (κ1) is 23.7. The molecule has 0 saturated heterocycles. The van der Waals surface area contributed by atoms with E-state index >= 15 is 0 Å². The molecule has 1 aromatic heterocycles. The van der Waals surface area contributed by atoms with Crippen LogP contribution in [0, 0.1) is 0 Å². The Morgan fingerprint density at radius 3 is 2.47 bits per heavy atom. The molecule has 1 atom stereocenters. The van der Waals surface area contributed by atoms with Crippen molar-refractivity contribution in [2.75, 3.05) is 20.8 Å². The Morgan fingerprint density at radius 1 is 1.00 bits per heavy atom. The van der Waals surface area contributed by atoms with Gasteiger partial charge in [-0.1, -0.05) is 48.0 Å². The summed E-state index contributed by atoms with van der Waals surface area (Å²) in [5.41, 5.74) is 4.41. The van der Waals surface area contributed by atoms with Gasteiger partial charge in [0.05, 0.1) is 14.2 Å². The molecule has 4 aromatic rings. The predicted molar refractivity (Wildman–Crippen MR) is 137 cm³/mol. The Morgan fingerprint density at radius 2 is 1.74 bits per heavy atom. The molecule has 1 N–H and O–H groups in total. The van der Waals surface area contributed by atoms with Gasteiger partial charge in [0, 0.05) is 48.1 Å². The lowest BCUT2D eigenvalue weighted by Crippen LogP contribution is -2.27. The second kappa shape index (κ2) is 10.7. The van der Waals surface area contributed by atoms with Crippen LogP contribution in [0.25, 0.3) is 10.9 Å². The maximum atomic E-state index is 13.0. The largest absolute Gasteiger partial charge is 0.493 e. The number of nitrogens with zero attached hydrogens (tertiary/aromatic N) is 1. The molecule has 6 heteroatoms. The topological polar surface area (TPSA) is 52.5 Å². The summed E-state index contributed by atoms with van der Waals surface area (Å²) >= 11 is 6.13. The van der Waals surface area contributed by atoms with E-state index in [-0.39, 0.29) is 11.8 Å². The molecular weight excluding hydrogens is 448 g/mol. The molecule has 3 aromatic carbocycles. The third-order valence-electron chi connectivity index (χ3n) is 6.15. The zero-order chi connectivity index (χ0) is 24.1. The molecule has 5 nitrogen and oxygen atoms in total. The minimum absolute atomic E-state index is 0.00774. The van der Waals surface area contributed by atoms with E-state index in [1.165, 1.54) is 0 Å². The summed E-state index contributed by atoms with van der Waals surface area (Å²) in [4.78, 5) is 13.0. The van der Waals surface area contributed by atoms with Crippen LogP contribution in [0.4, 0.5) is 0 Å². The first-order valence-corrected chi connectivity index (χ1v) is 11.6. The number of fused-ring (bicyclic) bond motifs is 1. The van der Waals surface area contributed by atoms with Crippen LogP contribution in [-0.2, 0) is 18.3 Å². The highest BCUT2D eigenvalue weighted by Gasteiger charge is 2.22. The molecule has 0 aliphatic carbocycles. The highest BCUT2D eigenvalue weighted by Crippen LogP contribution is 2.35. The van der Waals surface area contributed by atoms with Crippen LogP contribution in [0.2, 0.25) is 5.02 Å². The van der Waals surface area contributed by atoms with Crippen LogP contribution in [0.5, 0.6) is 11.5 Å². The number of aryl methyl sites for hydroxylation is 1. The first-order chi connectivity index (χ1) is 16.5. The molecule has 1 heterocycles. The number of para-hydroxylation sites is 1. The molecule has 0 bridgehead atoms. The number of carbonyl (C=O) groups is 1. The smallest absolute Gasteiger partial charge is 0.220 e. The number of methoxy groups -OCH3 is 2. The minimum Gasteiger partial charge on any atom is -0.493 e. The van der Waals surface area contributed by atoms with Gasteiger partial charge in [-0.15, -0.1) is 0 Å². The number of aromatic nitrogens is 1. The van der Waals surface area contributed by atoms with Crippen molar-refractivity contribution in [3.8, 4) is 11.5 Å². The molecule has 0 aliphatic heterocycles. The van der Waals surface area contributed by atoms with Crippen molar-refractivity contribution in [2.45, 2.75) is 18.8 Å². The van der Waals surface area contributed by atoms with E-state index in [1.807, 2.05) is 61.6 Å². The average Bonchev–Trinajstić information content (AvgIpc) is 3.19. The summed E-state index contributed by atoms with van der Waals surface area (Å²) in [6.45, 7) is 0.539. The van der Waals surface area contributed by atoms with E-state index in [9.17, 15) is 4.79 Å². The van der Waals surface area contributed by atoms with E-state index in [2.05, 4.69) is 28.2 Å². The molecule has 0 saturated carbocycles. The van der Waals surface area contributed by atoms with Crippen molar-refractivity contribution in [2.24, 2.45) is 7.05 Å². The Balaban J connectivity index is 1.50. The van der Waals surface area contributed by atoms with Crippen LogP contribution < -0.4 is 14.8 Å². The van der Waals surface area contributed by atoms with E-state index in [1.54, 1.807) is 14.2 Å². The summed E-state index contributed by atoms with van der Waals surface area (Å²) in [6.07, 6.45) is 3.17. The van der Waals surface area contributed by atoms with Gasteiger partial charge in [0.2, 0.25) is 5.91 Å². The lowest BCUT2D eigenvalue weighted by molar-refractivity contribution is -0.121. The van der Waals surface area contributed by atoms with E-state index in [4.69, 9.17) is 21.1 Å². The van der Waals surface area contributed by atoms with Crippen molar-refractivity contribution in [1.82, 2.24) is 9.88 Å². The lowest BCUT2D eigenvalue weighted by Gasteiger charge is -2.17. The van der Waals surface area contributed by atoms with Crippen molar-refractivity contribution in [3.05, 3.63) is 94.6 Å². The van der Waals surface area contributed by atoms with Crippen LogP contribution in [0.15, 0.2) is 72.9 Å². The summed E-state index contributed by atoms with van der Waals surface area (Å²) in [7, 11) is 5.27. The van der Waals surface area contributed by atoms with Gasteiger partial charge in [-0.05, 0) is 53.4 Å². The minimum atomic E-state index is -0.0792. The lowest BCUT2D eigenvalue weighted by atomic mass is 9.88. The van der Waals surface area contributed by atoms with Crippen LogP contribution >= 0.6 is 11.6 Å². The summed E-state index contributed by atoms with van der Waals surface area (Å²) in [5.74, 6) is 1.30. The van der Waals surface area contributed by atoms with Gasteiger partial charge in [0.15, 0.2) is 11.5 Å². The fourth-order valence-corrected chi connectivity index (χ4v) is 4.52. The third kappa shape index (κ3) is 5.20. The zero-order valence-electron chi connectivity index (χ0n) is 19.7. The third-order valence-corrected chi connectivity index (χ3v) is 6.40. The standard InChI is InChI=1S/C28H29ClN2O3/c1-31-18-24(22-6-4-5-7-25(22)31)23(20-9-11-21(29)12-10-20)17-28(32)30-15-14-19-8-13-26(33-2)27(16-19)34-3/h4-13,16,18,23H,14-15,17H2,1-3H3,(H,30,32). The summed E-state index contributed by atoms with van der Waals surface area (Å²) in [5, 5.41) is 4.93. The molecule has 176 valence electrons. The number of nitrogens with one attached hydrogen (secondary N) is 1. The summed E-state index contributed by atoms with van der Waals surface area (Å²) in [6, 6.07) is 21.9. The normalized spacial score (nSPS) is 11.9. The molecule has 1 amide bonds. The fourth-order valence-electron chi connectivity index (χ4n) is 4.39. The van der Waals surface area contributed by atoms with Gasteiger partial charge in [-0.3, -0.25) is 4.79 Å². The second-order valence-corrected chi connectivity index (χ2v) is 8.75. The maximum Gasteiger partial charge on any atom is 0.220 e. The Labute approximate surface area is 205 Å². The van der Waals surface area contributed by atoms with Gasteiger partial charge >= 0.3 is 0 Å². The predicted octanol–water partition coefficient (Wildman–Crippen LogP) is 5.73. The van der Waals surface area contributed by atoms with Crippen LogP contribution in [0.3, 0.4) is 0 Å². The molecule has 1 unspecified atom stereocenters. The van der Waals surface area contributed by atoms with Crippen molar-refractivity contribution < 1.29 is 14.3 Å². The Kier molecular flexibility index (Phi) is 7.43. The number of ether oxygens (including phenoxy) is 2. The number of hydrogen-bond donors (Lipinski definition) is 1. The fraction of sp³-hybridized carbons (Fsp3) is 0.250. The SMILES string of the molecule is COc1ccc(CCNC(=O)CC(c2ccc(Cl)cc2)c2cn(C)c3ccccc23)cc1OC. The van der Waals surface area contributed by atoms with Crippen molar-refractivity contribution in [3.63, 3.8) is 0 Å². The molecular formula is C28H29ClN2O3. The van der Waals surface area contributed by atoms with Crippen molar-refractivity contribution >= 4 is 28.4 Å². The number of rotatable bonds is 9. The van der Waals surface area contributed by atoms with Crippen LogP contribution in [0.1, 0.15) is 29.0 Å². The Bertz CT molecular complexity index is 1280. The molecule has 0 spiro atoms. The Hall–Kier alpha value is -3.44. The molecule has 0 radical (unpaired) electrons. The van der Waals surface area contributed by atoms with Gasteiger partial charge in [0.1, 0.15) is 0 Å². The van der Waals surface area contributed by atoms with E-state index in [0.717, 1.165) is 27.6 Å². The monoisotopic (exact) mass is 476 g/mol. The van der Waals surface area contributed by atoms with Gasteiger partial charge in [-0.25, -0.2) is 0 Å². The number of hydrogen-bond acceptors (Lipinski definition) is 3. The van der Waals surface area contributed by atoms with Crippen molar-refractivity contribution in [1.29, 1.82) is 0 Å². The number of benzene rings is 3. The van der Waals surface area contributed by atoms with Gasteiger partial charge < -0.3 is 19.4 Å². The van der Waals surface area contributed by atoms with Gasteiger partial charge in [0.25, 0.3) is 0 Å². The highest BCUT2D eigenvalue weighted by atomic mass is 35.5. The van der Waals surface area contributed by atoms with Gasteiger partial charge in [-0.2, -0.15) is 0 Å². The first-order valence-electron chi connectivity index (χ1n) is 11.3. The number of carbonyl (C=O) groups excluding carboxylic acids is 1. The van der Waals surface area contributed by atoms with Crippen LogP contribution in [-0.4, -0.2) is 31.2 Å². The molecule has 4 rings (SSSR count). The average molecular weight is 477 g/mol. The zero-order valence-corrected chi connectivity index (χ0v) is 20.4. The molecule has 0 fully saturated rings. The maximum absolute atomic E-state index is 13.0. The molecule has 0 aliphatic rings. The highest BCUT2D eigenvalue weighted by molar-refractivity contribution is 6.30. The van der Waals surface area contributed by atoms with E-state index < -0.39 is 0 Å². The number of amides is 1. The second-order valence-electron chi connectivity index (χ2n) is 8.31. The van der Waals surface area contributed by atoms with E-state index in [0.29, 0.717) is 35.9 Å².